The van der Waals surface area contributed by atoms with Gasteiger partial charge in [0, 0.05) is 10.9 Å². The fourth-order valence-electron chi connectivity index (χ4n) is 2.46. The first-order valence-corrected chi connectivity index (χ1v) is 8.68. The summed E-state index contributed by atoms with van der Waals surface area (Å²) in [6.45, 7) is 3.45. The average molecular weight is 374 g/mol. The number of carbonyl (C=O) groups excluding carboxylic acids is 1. The van der Waals surface area contributed by atoms with Crippen molar-refractivity contribution in [1.82, 2.24) is 10.1 Å². The number of thiazole rings is 1. The molecule has 0 spiro atoms. The zero-order valence-corrected chi connectivity index (χ0v) is 15.7. The minimum absolute atomic E-state index is 0.0761. The molecule has 0 radical (unpaired) electrons. The van der Waals surface area contributed by atoms with Crippen molar-refractivity contribution < 1.29 is 23.5 Å². The molecule has 0 saturated carbocycles. The van der Waals surface area contributed by atoms with E-state index in [1.54, 1.807) is 28.1 Å². The molecule has 2 heterocycles. The standard InChI is InChI=1S/C18H18N2O5S/c1-10-16(11(2)25-20-10)18(21)24-8-13-9-26-17(19-13)12-5-6-14(22-3)15(7-12)23-4/h5-7,9H,8H2,1-4H3. The fourth-order valence-corrected chi connectivity index (χ4v) is 3.26. The maximum absolute atomic E-state index is 12.2. The Bertz CT molecular complexity index is 912. The third-order valence-corrected chi connectivity index (χ3v) is 4.71. The zero-order valence-electron chi connectivity index (χ0n) is 14.9. The molecule has 8 heteroatoms. The topological polar surface area (TPSA) is 83.7 Å². The Hall–Kier alpha value is -2.87. The van der Waals surface area contributed by atoms with E-state index in [-0.39, 0.29) is 6.61 Å². The van der Waals surface area contributed by atoms with Gasteiger partial charge in [-0.05, 0) is 32.0 Å². The molecule has 136 valence electrons. The van der Waals surface area contributed by atoms with Gasteiger partial charge < -0.3 is 18.7 Å². The predicted octanol–water partition coefficient (Wildman–Crippen LogP) is 3.79. The number of aromatic nitrogens is 2. The van der Waals surface area contributed by atoms with Gasteiger partial charge in [-0.2, -0.15) is 0 Å². The second-order valence-electron chi connectivity index (χ2n) is 5.49. The lowest BCUT2D eigenvalue weighted by Gasteiger charge is -2.08. The second kappa shape index (κ2) is 7.57. The molecule has 3 rings (SSSR count). The van der Waals surface area contributed by atoms with E-state index in [1.165, 1.54) is 11.3 Å². The number of hydrogen-bond acceptors (Lipinski definition) is 8. The van der Waals surface area contributed by atoms with Gasteiger partial charge in [0.15, 0.2) is 11.5 Å². The first-order valence-electron chi connectivity index (χ1n) is 7.80. The van der Waals surface area contributed by atoms with Crippen LogP contribution < -0.4 is 9.47 Å². The summed E-state index contributed by atoms with van der Waals surface area (Å²) >= 11 is 1.46. The van der Waals surface area contributed by atoms with E-state index in [2.05, 4.69) is 10.1 Å². The molecule has 0 unspecified atom stereocenters. The van der Waals surface area contributed by atoms with Crippen LogP contribution in [-0.2, 0) is 11.3 Å². The van der Waals surface area contributed by atoms with E-state index >= 15 is 0 Å². The average Bonchev–Trinajstić information content (AvgIpc) is 3.25. The lowest BCUT2D eigenvalue weighted by Crippen LogP contribution is -2.07. The summed E-state index contributed by atoms with van der Waals surface area (Å²) in [6.07, 6.45) is 0. The summed E-state index contributed by atoms with van der Waals surface area (Å²) in [5.74, 6) is 1.26. The van der Waals surface area contributed by atoms with Crippen LogP contribution in [0.15, 0.2) is 28.1 Å². The number of carbonyl (C=O) groups is 1. The van der Waals surface area contributed by atoms with E-state index in [9.17, 15) is 4.79 Å². The van der Waals surface area contributed by atoms with Crippen molar-refractivity contribution in [2.45, 2.75) is 20.5 Å². The molecule has 0 atom stereocenters. The molecular weight excluding hydrogens is 356 g/mol. The van der Waals surface area contributed by atoms with Gasteiger partial charge in [-0.15, -0.1) is 11.3 Å². The molecular formula is C18H18N2O5S. The zero-order chi connectivity index (χ0) is 18.7. The molecule has 0 saturated heterocycles. The highest BCUT2D eigenvalue weighted by Crippen LogP contribution is 2.33. The summed E-state index contributed by atoms with van der Waals surface area (Å²) in [7, 11) is 3.18. The highest BCUT2D eigenvalue weighted by Gasteiger charge is 2.19. The van der Waals surface area contributed by atoms with Gasteiger partial charge in [0.25, 0.3) is 0 Å². The lowest BCUT2D eigenvalue weighted by atomic mass is 10.2. The van der Waals surface area contributed by atoms with E-state index in [0.717, 1.165) is 10.6 Å². The molecule has 1 aromatic carbocycles. The van der Waals surface area contributed by atoms with Crippen molar-refractivity contribution >= 4 is 17.3 Å². The molecule has 26 heavy (non-hydrogen) atoms. The van der Waals surface area contributed by atoms with Crippen LogP contribution >= 0.6 is 11.3 Å². The van der Waals surface area contributed by atoms with Crippen LogP contribution in [0.2, 0.25) is 0 Å². The first kappa shape index (κ1) is 17.9. The van der Waals surface area contributed by atoms with Crippen LogP contribution in [0.5, 0.6) is 11.5 Å². The van der Waals surface area contributed by atoms with Gasteiger partial charge in [0.1, 0.15) is 22.9 Å². The van der Waals surface area contributed by atoms with Crippen molar-refractivity contribution in [3.63, 3.8) is 0 Å². The molecule has 3 aromatic rings. The third kappa shape index (κ3) is 3.55. The summed E-state index contributed by atoms with van der Waals surface area (Å²) in [5, 5.41) is 6.41. The molecule has 2 aromatic heterocycles. The highest BCUT2D eigenvalue weighted by molar-refractivity contribution is 7.13. The number of aryl methyl sites for hydroxylation is 2. The van der Waals surface area contributed by atoms with Gasteiger partial charge in [-0.25, -0.2) is 9.78 Å². The molecule has 0 fully saturated rings. The first-order chi connectivity index (χ1) is 12.5. The number of ether oxygens (including phenoxy) is 3. The van der Waals surface area contributed by atoms with Crippen LogP contribution in [0.3, 0.4) is 0 Å². The van der Waals surface area contributed by atoms with Gasteiger partial charge in [-0.1, -0.05) is 5.16 Å². The van der Waals surface area contributed by atoms with Gasteiger partial charge in [-0.3, -0.25) is 0 Å². The summed E-state index contributed by atoms with van der Waals surface area (Å²) in [6, 6.07) is 5.59. The molecule has 0 aliphatic rings. The van der Waals surface area contributed by atoms with Crippen LogP contribution in [0, 0.1) is 13.8 Å². The minimum Gasteiger partial charge on any atom is -0.493 e. The maximum Gasteiger partial charge on any atom is 0.344 e. The second-order valence-corrected chi connectivity index (χ2v) is 6.35. The van der Waals surface area contributed by atoms with E-state index in [1.807, 2.05) is 23.6 Å². The van der Waals surface area contributed by atoms with Crippen molar-refractivity contribution in [2.75, 3.05) is 14.2 Å². The van der Waals surface area contributed by atoms with Crippen molar-refractivity contribution in [1.29, 1.82) is 0 Å². The van der Waals surface area contributed by atoms with Crippen molar-refractivity contribution in [3.8, 4) is 22.1 Å². The Morgan fingerprint density at radius 3 is 2.62 bits per heavy atom. The third-order valence-electron chi connectivity index (χ3n) is 3.77. The van der Waals surface area contributed by atoms with Gasteiger partial charge in [0.2, 0.25) is 0 Å². The Balaban J connectivity index is 1.71. The lowest BCUT2D eigenvalue weighted by molar-refractivity contribution is 0.0465. The Morgan fingerprint density at radius 2 is 1.96 bits per heavy atom. The molecule has 7 nitrogen and oxygen atoms in total. The van der Waals surface area contributed by atoms with Gasteiger partial charge in [0.05, 0.1) is 25.6 Å². The smallest absolute Gasteiger partial charge is 0.344 e. The monoisotopic (exact) mass is 374 g/mol. The Kier molecular flexibility index (Phi) is 5.22. The van der Waals surface area contributed by atoms with Crippen molar-refractivity contribution in [3.05, 3.63) is 46.3 Å². The van der Waals surface area contributed by atoms with Crippen LogP contribution in [0.4, 0.5) is 0 Å². The largest absolute Gasteiger partial charge is 0.493 e. The maximum atomic E-state index is 12.2. The van der Waals surface area contributed by atoms with Crippen LogP contribution in [-0.4, -0.2) is 30.3 Å². The van der Waals surface area contributed by atoms with E-state index < -0.39 is 5.97 Å². The summed E-state index contributed by atoms with van der Waals surface area (Å²) in [4.78, 5) is 16.7. The fraction of sp³-hybridized carbons (Fsp3) is 0.278. The Morgan fingerprint density at radius 1 is 1.19 bits per heavy atom. The van der Waals surface area contributed by atoms with Gasteiger partial charge >= 0.3 is 5.97 Å². The number of methoxy groups -OCH3 is 2. The number of nitrogens with zero attached hydrogens (tertiary/aromatic N) is 2. The normalized spacial score (nSPS) is 10.6. The SMILES string of the molecule is COc1ccc(-c2nc(COC(=O)c3c(C)noc3C)cs2)cc1OC. The minimum atomic E-state index is -0.470. The summed E-state index contributed by atoms with van der Waals surface area (Å²) in [5.41, 5.74) is 2.44. The van der Waals surface area contributed by atoms with E-state index in [0.29, 0.717) is 34.2 Å². The van der Waals surface area contributed by atoms with Crippen LogP contribution in [0.25, 0.3) is 10.6 Å². The highest BCUT2D eigenvalue weighted by atomic mass is 32.1. The quantitative estimate of drug-likeness (QED) is 0.607. The van der Waals surface area contributed by atoms with E-state index in [4.69, 9.17) is 18.7 Å². The van der Waals surface area contributed by atoms with Crippen LogP contribution in [0.1, 0.15) is 27.5 Å². The summed E-state index contributed by atoms with van der Waals surface area (Å²) < 4.78 is 20.9. The number of hydrogen-bond donors (Lipinski definition) is 0. The molecule has 0 aliphatic heterocycles. The molecule has 0 bridgehead atoms. The number of benzene rings is 1. The predicted molar refractivity (Wildman–Crippen MR) is 95.8 cm³/mol. The van der Waals surface area contributed by atoms with Crippen molar-refractivity contribution in [2.24, 2.45) is 0 Å². The molecule has 0 N–H and O–H groups in total. The molecule has 0 amide bonds. The Labute approximate surface area is 154 Å². The number of rotatable bonds is 6. The molecule has 0 aliphatic carbocycles. The number of esters is 1.